The molecular weight excluding hydrogens is 416 g/mol. The van der Waals surface area contributed by atoms with E-state index in [1.54, 1.807) is 38.4 Å². The number of carbonyl (C=O) groups excluding carboxylic acids is 1. The first kappa shape index (κ1) is 21.6. The van der Waals surface area contributed by atoms with Crippen molar-refractivity contribution < 1.29 is 27.8 Å². The molecular formula is C25H23F2NO4. The lowest BCUT2D eigenvalue weighted by molar-refractivity contribution is 0.0688. The van der Waals surface area contributed by atoms with Crippen LogP contribution in [0.1, 0.15) is 33.1 Å². The van der Waals surface area contributed by atoms with Crippen LogP contribution in [0.2, 0.25) is 0 Å². The van der Waals surface area contributed by atoms with Crippen LogP contribution in [-0.4, -0.2) is 38.7 Å². The molecule has 166 valence electrons. The van der Waals surface area contributed by atoms with E-state index in [-0.39, 0.29) is 5.56 Å². The van der Waals surface area contributed by atoms with Crippen molar-refractivity contribution in [2.75, 3.05) is 27.9 Å². The average molecular weight is 439 g/mol. The second kappa shape index (κ2) is 8.86. The maximum Gasteiger partial charge on any atom is 0.257 e. The number of carbonyl (C=O) groups is 1. The van der Waals surface area contributed by atoms with Crippen molar-refractivity contribution in [3.8, 4) is 17.2 Å². The largest absolute Gasteiger partial charge is 0.497 e. The molecule has 4 rings (SSSR count). The van der Waals surface area contributed by atoms with Crippen LogP contribution in [0, 0.1) is 11.6 Å². The van der Waals surface area contributed by atoms with E-state index >= 15 is 0 Å². The molecule has 0 aliphatic carbocycles. The molecule has 1 aliphatic rings. The van der Waals surface area contributed by atoms with Gasteiger partial charge >= 0.3 is 0 Å². The van der Waals surface area contributed by atoms with Crippen LogP contribution in [0.15, 0.2) is 54.6 Å². The molecule has 1 unspecified atom stereocenters. The number of hydrogen-bond donors (Lipinski definition) is 0. The molecule has 3 aromatic carbocycles. The Hall–Kier alpha value is -3.61. The Labute approximate surface area is 185 Å². The molecule has 7 heteroatoms. The molecule has 0 fully saturated rings. The summed E-state index contributed by atoms with van der Waals surface area (Å²) in [5.41, 5.74) is 2.34. The highest BCUT2D eigenvalue weighted by Crippen LogP contribution is 2.42. The van der Waals surface area contributed by atoms with Crippen molar-refractivity contribution in [2.24, 2.45) is 0 Å². The minimum atomic E-state index is -0.761. The Balaban J connectivity index is 1.86. The molecule has 1 atom stereocenters. The van der Waals surface area contributed by atoms with Crippen LogP contribution < -0.4 is 14.2 Å². The Morgan fingerprint density at radius 3 is 2.25 bits per heavy atom. The van der Waals surface area contributed by atoms with Crippen LogP contribution >= 0.6 is 0 Å². The minimum absolute atomic E-state index is 0.299. The Bertz CT molecular complexity index is 1150. The van der Waals surface area contributed by atoms with Crippen molar-refractivity contribution in [1.82, 2.24) is 4.90 Å². The predicted octanol–water partition coefficient (Wildman–Crippen LogP) is 4.78. The van der Waals surface area contributed by atoms with Crippen molar-refractivity contribution in [2.45, 2.75) is 12.5 Å². The minimum Gasteiger partial charge on any atom is -0.497 e. The van der Waals surface area contributed by atoms with Crippen LogP contribution in [-0.2, 0) is 6.42 Å². The first-order valence-electron chi connectivity index (χ1n) is 10.1. The van der Waals surface area contributed by atoms with Crippen molar-refractivity contribution >= 4 is 5.91 Å². The van der Waals surface area contributed by atoms with Gasteiger partial charge in [0.25, 0.3) is 5.91 Å². The highest BCUT2D eigenvalue weighted by atomic mass is 19.1. The van der Waals surface area contributed by atoms with Crippen LogP contribution in [0.3, 0.4) is 0 Å². The fraction of sp³-hybridized carbons (Fsp3) is 0.240. The second-order valence-corrected chi connectivity index (χ2v) is 7.45. The number of methoxy groups -OCH3 is 3. The van der Waals surface area contributed by atoms with E-state index in [1.165, 1.54) is 0 Å². The molecule has 0 N–H and O–H groups in total. The molecule has 32 heavy (non-hydrogen) atoms. The number of halogens is 2. The zero-order valence-corrected chi connectivity index (χ0v) is 18.0. The van der Waals surface area contributed by atoms with Gasteiger partial charge in [-0.2, -0.15) is 0 Å². The predicted molar refractivity (Wildman–Crippen MR) is 115 cm³/mol. The van der Waals surface area contributed by atoms with Gasteiger partial charge < -0.3 is 19.1 Å². The Morgan fingerprint density at radius 1 is 0.906 bits per heavy atom. The average Bonchev–Trinajstić information content (AvgIpc) is 2.83. The number of fused-ring (bicyclic) bond motifs is 1. The Kier molecular flexibility index (Phi) is 5.99. The van der Waals surface area contributed by atoms with E-state index in [2.05, 4.69) is 0 Å². The highest BCUT2D eigenvalue weighted by Gasteiger charge is 2.35. The molecule has 1 aliphatic heterocycles. The SMILES string of the molecule is COc1ccc(C2c3cc(OC)c(OC)cc3CCN2C(=O)c2cc(F)ccc2F)cc1. The van der Waals surface area contributed by atoms with Crippen molar-refractivity contribution in [1.29, 1.82) is 0 Å². The van der Waals surface area contributed by atoms with E-state index in [1.807, 2.05) is 24.3 Å². The van der Waals surface area contributed by atoms with Gasteiger partial charge in [-0.3, -0.25) is 4.79 Å². The zero-order chi connectivity index (χ0) is 22.8. The van der Waals surface area contributed by atoms with Gasteiger partial charge in [-0.15, -0.1) is 0 Å². The summed E-state index contributed by atoms with van der Waals surface area (Å²) in [7, 11) is 4.68. The summed E-state index contributed by atoms with van der Waals surface area (Å²) in [5.74, 6) is -0.219. The summed E-state index contributed by atoms with van der Waals surface area (Å²) < 4.78 is 44.4. The fourth-order valence-electron chi connectivity index (χ4n) is 4.13. The topological polar surface area (TPSA) is 48.0 Å². The first-order chi connectivity index (χ1) is 15.5. The number of hydrogen-bond acceptors (Lipinski definition) is 4. The third-order valence-corrected chi connectivity index (χ3v) is 5.72. The number of ether oxygens (including phenoxy) is 3. The first-order valence-corrected chi connectivity index (χ1v) is 10.1. The van der Waals surface area contributed by atoms with Gasteiger partial charge in [-0.25, -0.2) is 8.78 Å². The fourth-order valence-corrected chi connectivity index (χ4v) is 4.13. The van der Waals surface area contributed by atoms with Gasteiger partial charge in [-0.05, 0) is 65.6 Å². The maximum atomic E-state index is 14.4. The van der Waals surface area contributed by atoms with Crippen LogP contribution in [0.25, 0.3) is 0 Å². The smallest absolute Gasteiger partial charge is 0.257 e. The number of nitrogens with zero attached hydrogens (tertiary/aromatic N) is 1. The number of rotatable bonds is 5. The lowest BCUT2D eigenvalue weighted by atomic mass is 9.87. The van der Waals surface area contributed by atoms with Gasteiger partial charge in [-0.1, -0.05) is 12.1 Å². The van der Waals surface area contributed by atoms with Gasteiger partial charge in [0, 0.05) is 6.54 Å². The summed E-state index contributed by atoms with van der Waals surface area (Å²) in [6.45, 7) is 0.327. The molecule has 0 radical (unpaired) electrons. The van der Waals surface area contributed by atoms with E-state index in [9.17, 15) is 13.6 Å². The van der Waals surface area contributed by atoms with E-state index in [4.69, 9.17) is 14.2 Å². The standard InChI is InChI=1S/C25H23F2NO4/c1-30-18-7-4-15(5-8-18)24-19-14-23(32-3)22(31-2)12-16(19)10-11-28(24)25(29)20-13-17(26)6-9-21(20)27/h4-9,12-14,24H,10-11H2,1-3H3. The van der Waals surface area contributed by atoms with Gasteiger partial charge in [0.05, 0.1) is 32.9 Å². The van der Waals surface area contributed by atoms with Gasteiger partial charge in [0.2, 0.25) is 0 Å². The molecule has 0 spiro atoms. The summed E-state index contributed by atoms with van der Waals surface area (Å²) in [6.07, 6.45) is 0.533. The van der Waals surface area contributed by atoms with Crippen LogP contribution in [0.5, 0.6) is 17.2 Å². The lowest BCUT2D eigenvalue weighted by Crippen LogP contribution is -2.41. The molecule has 0 saturated heterocycles. The summed E-state index contributed by atoms with van der Waals surface area (Å²) in [6, 6.07) is 13.4. The molecule has 0 aromatic heterocycles. The molecule has 1 amide bonds. The number of amides is 1. The van der Waals surface area contributed by atoms with Crippen LogP contribution in [0.4, 0.5) is 8.78 Å². The normalized spacial score (nSPS) is 15.2. The van der Waals surface area contributed by atoms with Gasteiger partial charge in [0.15, 0.2) is 11.5 Å². The summed E-state index contributed by atoms with van der Waals surface area (Å²) in [4.78, 5) is 15.0. The Morgan fingerprint density at radius 2 is 1.59 bits per heavy atom. The third kappa shape index (κ3) is 3.86. The molecule has 0 saturated carbocycles. The zero-order valence-electron chi connectivity index (χ0n) is 18.0. The van der Waals surface area contributed by atoms with Crippen molar-refractivity contribution in [3.05, 3.63) is 88.5 Å². The molecule has 1 heterocycles. The summed E-state index contributed by atoms with van der Waals surface area (Å²) >= 11 is 0. The van der Waals surface area contributed by atoms with Gasteiger partial charge in [0.1, 0.15) is 17.4 Å². The quantitative estimate of drug-likeness (QED) is 0.574. The third-order valence-electron chi connectivity index (χ3n) is 5.72. The monoisotopic (exact) mass is 439 g/mol. The van der Waals surface area contributed by atoms with E-state index in [0.29, 0.717) is 30.2 Å². The van der Waals surface area contributed by atoms with E-state index in [0.717, 1.165) is 34.9 Å². The maximum absolute atomic E-state index is 14.4. The summed E-state index contributed by atoms with van der Waals surface area (Å²) in [5, 5.41) is 0. The highest BCUT2D eigenvalue weighted by molar-refractivity contribution is 5.95. The second-order valence-electron chi connectivity index (χ2n) is 7.45. The number of benzene rings is 3. The molecule has 0 bridgehead atoms. The molecule has 5 nitrogen and oxygen atoms in total. The lowest BCUT2D eigenvalue weighted by Gasteiger charge is -2.38. The van der Waals surface area contributed by atoms with Crippen molar-refractivity contribution in [3.63, 3.8) is 0 Å². The van der Waals surface area contributed by atoms with E-state index < -0.39 is 23.6 Å². The molecule has 3 aromatic rings.